The summed E-state index contributed by atoms with van der Waals surface area (Å²) in [5.74, 6) is -1.96. The Balaban J connectivity index is 1.26. The number of alkyl carbamates (subject to hydrolysis) is 1. The van der Waals surface area contributed by atoms with E-state index in [2.05, 4.69) is 34.9 Å². The third kappa shape index (κ3) is 5.08. The molecule has 0 radical (unpaired) electrons. The zero-order valence-electron chi connectivity index (χ0n) is 19.6. The summed E-state index contributed by atoms with van der Waals surface area (Å²) in [6, 6.07) is 16.3. The zero-order chi connectivity index (χ0) is 24.2. The molecule has 0 bridgehead atoms. The van der Waals surface area contributed by atoms with Gasteiger partial charge >= 0.3 is 12.1 Å². The van der Waals surface area contributed by atoms with Gasteiger partial charge in [-0.3, -0.25) is 9.59 Å². The summed E-state index contributed by atoms with van der Waals surface area (Å²) < 4.78 is 5.61. The van der Waals surface area contributed by atoms with Crippen LogP contribution < -0.4 is 10.6 Å². The van der Waals surface area contributed by atoms with Crippen LogP contribution in [0.1, 0.15) is 50.2 Å². The maximum atomic E-state index is 12.5. The molecule has 2 aromatic carbocycles. The lowest BCUT2D eigenvalue weighted by atomic mass is 9.95. The van der Waals surface area contributed by atoms with Gasteiger partial charge in [0, 0.05) is 24.4 Å². The number of benzene rings is 2. The number of hydrogen-bond donors (Lipinski definition) is 3. The highest BCUT2D eigenvalue weighted by Gasteiger charge is 2.33. The third-order valence-corrected chi connectivity index (χ3v) is 7.09. The molecule has 2 aliphatic carbocycles. The van der Waals surface area contributed by atoms with Crippen molar-refractivity contribution in [2.24, 2.45) is 17.8 Å². The molecule has 2 amide bonds. The largest absolute Gasteiger partial charge is 0.481 e. The normalized spacial score (nSPS) is 19.9. The molecule has 3 atom stereocenters. The SMILES string of the molecule is CC(C)C(CNC(=O)C1CCC(NC(=O)OCC2c3ccccc3-c3ccccc32)C1)C(=O)O. The van der Waals surface area contributed by atoms with Crippen LogP contribution in [0.5, 0.6) is 0 Å². The Kier molecular flexibility index (Phi) is 7.20. The second-order valence-corrected chi connectivity index (χ2v) is 9.61. The average Bonchev–Trinajstić information content (AvgIpc) is 3.40. The Hall–Kier alpha value is -3.35. The molecule has 7 heteroatoms. The number of aliphatic carboxylic acids is 1. The molecule has 0 aliphatic heterocycles. The number of carbonyl (C=O) groups is 3. The summed E-state index contributed by atoms with van der Waals surface area (Å²) in [5.41, 5.74) is 4.68. The first-order chi connectivity index (χ1) is 16.3. The van der Waals surface area contributed by atoms with Gasteiger partial charge in [-0.25, -0.2) is 4.79 Å². The number of amides is 2. The number of nitrogens with one attached hydrogen (secondary N) is 2. The van der Waals surface area contributed by atoms with Crippen LogP contribution in [0.4, 0.5) is 4.79 Å². The molecule has 2 aromatic rings. The summed E-state index contributed by atoms with van der Waals surface area (Å²) in [6.45, 7) is 4.03. The van der Waals surface area contributed by atoms with E-state index in [4.69, 9.17) is 4.74 Å². The Labute approximate surface area is 199 Å². The Morgan fingerprint density at radius 2 is 1.62 bits per heavy atom. The number of rotatable bonds is 8. The van der Waals surface area contributed by atoms with Gasteiger partial charge in [-0.2, -0.15) is 0 Å². The summed E-state index contributed by atoms with van der Waals surface area (Å²) in [6.07, 6.45) is 1.39. The van der Waals surface area contributed by atoms with Crippen molar-refractivity contribution in [3.05, 3.63) is 59.7 Å². The van der Waals surface area contributed by atoms with Gasteiger partial charge in [0.25, 0.3) is 0 Å². The van der Waals surface area contributed by atoms with Crippen molar-refractivity contribution in [1.82, 2.24) is 10.6 Å². The molecule has 0 spiro atoms. The van der Waals surface area contributed by atoms with Crippen LogP contribution in [0.15, 0.2) is 48.5 Å². The summed E-state index contributed by atoms with van der Waals surface area (Å²) in [7, 11) is 0. The fourth-order valence-electron chi connectivity index (χ4n) is 5.12. The smallest absolute Gasteiger partial charge is 0.407 e. The fourth-order valence-corrected chi connectivity index (χ4v) is 5.12. The molecular weight excluding hydrogens is 432 g/mol. The molecule has 0 saturated heterocycles. The van der Waals surface area contributed by atoms with E-state index in [1.165, 1.54) is 11.1 Å². The maximum Gasteiger partial charge on any atom is 0.407 e. The van der Waals surface area contributed by atoms with Crippen molar-refractivity contribution in [3.63, 3.8) is 0 Å². The van der Waals surface area contributed by atoms with Crippen molar-refractivity contribution in [2.45, 2.75) is 45.1 Å². The molecule has 7 nitrogen and oxygen atoms in total. The number of fused-ring (bicyclic) bond motifs is 3. The lowest BCUT2D eigenvalue weighted by molar-refractivity contribution is -0.143. The highest BCUT2D eigenvalue weighted by atomic mass is 16.5. The van der Waals surface area contributed by atoms with Crippen LogP contribution in [0.3, 0.4) is 0 Å². The average molecular weight is 465 g/mol. The quantitative estimate of drug-likeness (QED) is 0.544. The van der Waals surface area contributed by atoms with Gasteiger partial charge in [0.2, 0.25) is 5.91 Å². The van der Waals surface area contributed by atoms with Gasteiger partial charge in [-0.1, -0.05) is 62.4 Å². The molecule has 0 heterocycles. The van der Waals surface area contributed by atoms with E-state index in [-0.39, 0.29) is 42.9 Å². The minimum atomic E-state index is -0.906. The molecule has 34 heavy (non-hydrogen) atoms. The van der Waals surface area contributed by atoms with Crippen LogP contribution in [0, 0.1) is 17.8 Å². The zero-order valence-corrected chi connectivity index (χ0v) is 19.6. The van der Waals surface area contributed by atoms with E-state index in [1.807, 2.05) is 38.1 Å². The summed E-state index contributed by atoms with van der Waals surface area (Å²) in [4.78, 5) is 36.4. The molecule has 4 rings (SSSR count). The maximum absolute atomic E-state index is 12.5. The van der Waals surface area contributed by atoms with E-state index in [0.29, 0.717) is 19.3 Å². The number of carbonyl (C=O) groups excluding carboxylic acids is 2. The van der Waals surface area contributed by atoms with Crippen molar-refractivity contribution >= 4 is 18.0 Å². The van der Waals surface area contributed by atoms with Crippen LogP contribution in [-0.4, -0.2) is 42.3 Å². The van der Waals surface area contributed by atoms with Gasteiger partial charge in [0.05, 0.1) is 5.92 Å². The molecule has 180 valence electrons. The van der Waals surface area contributed by atoms with Crippen LogP contribution in [-0.2, 0) is 14.3 Å². The minimum Gasteiger partial charge on any atom is -0.481 e. The first kappa shape index (κ1) is 23.8. The van der Waals surface area contributed by atoms with Gasteiger partial charge < -0.3 is 20.5 Å². The number of carboxylic acid groups (broad SMARTS) is 1. The fraction of sp³-hybridized carbons (Fsp3) is 0.444. The summed E-state index contributed by atoms with van der Waals surface area (Å²) in [5, 5.41) is 15.0. The molecule has 3 N–H and O–H groups in total. The van der Waals surface area contributed by atoms with E-state index < -0.39 is 18.0 Å². The Morgan fingerprint density at radius 3 is 2.21 bits per heavy atom. The van der Waals surface area contributed by atoms with E-state index >= 15 is 0 Å². The highest BCUT2D eigenvalue weighted by molar-refractivity contribution is 5.81. The predicted octanol–water partition coefficient (Wildman–Crippen LogP) is 4.17. The number of carboxylic acids is 1. The van der Waals surface area contributed by atoms with Crippen molar-refractivity contribution in [3.8, 4) is 11.1 Å². The van der Waals surface area contributed by atoms with Crippen molar-refractivity contribution < 1.29 is 24.2 Å². The third-order valence-electron chi connectivity index (χ3n) is 7.09. The lowest BCUT2D eigenvalue weighted by Gasteiger charge is -2.19. The lowest BCUT2D eigenvalue weighted by Crippen LogP contribution is -2.39. The van der Waals surface area contributed by atoms with Gasteiger partial charge in [0.15, 0.2) is 0 Å². The predicted molar refractivity (Wildman–Crippen MR) is 128 cm³/mol. The Bertz CT molecular complexity index is 1020. The first-order valence-corrected chi connectivity index (χ1v) is 12.0. The molecule has 1 saturated carbocycles. The van der Waals surface area contributed by atoms with E-state index in [9.17, 15) is 19.5 Å². The molecule has 2 aliphatic rings. The molecule has 1 fully saturated rings. The minimum absolute atomic E-state index is 0.00314. The van der Waals surface area contributed by atoms with Gasteiger partial charge in [-0.05, 0) is 47.4 Å². The van der Waals surface area contributed by atoms with E-state index in [1.54, 1.807) is 0 Å². The second-order valence-electron chi connectivity index (χ2n) is 9.61. The monoisotopic (exact) mass is 464 g/mol. The first-order valence-electron chi connectivity index (χ1n) is 12.0. The molecule has 3 unspecified atom stereocenters. The number of hydrogen-bond acceptors (Lipinski definition) is 4. The van der Waals surface area contributed by atoms with Crippen LogP contribution in [0.25, 0.3) is 11.1 Å². The molecular formula is C27H32N2O5. The Morgan fingerprint density at radius 1 is 1.00 bits per heavy atom. The van der Waals surface area contributed by atoms with Crippen molar-refractivity contribution in [1.29, 1.82) is 0 Å². The van der Waals surface area contributed by atoms with Gasteiger partial charge in [0.1, 0.15) is 6.61 Å². The number of ether oxygens (including phenoxy) is 1. The standard InChI is InChI=1S/C27H32N2O5/c1-16(2)23(26(31)32)14-28-25(30)17-11-12-18(13-17)29-27(33)34-15-24-21-9-5-3-7-19(21)20-8-4-6-10-22(20)24/h3-10,16-18,23-24H,11-15H2,1-2H3,(H,28,30)(H,29,33)(H,31,32). The second kappa shape index (κ2) is 10.3. The van der Waals surface area contributed by atoms with E-state index in [0.717, 1.165) is 11.1 Å². The van der Waals surface area contributed by atoms with Crippen LogP contribution >= 0.6 is 0 Å². The van der Waals surface area contributed by atoms with Crippen molar-refractivity contribution in [2.75, 3.05) is 13.2 Å². The molecule has 0 aromatic heterocycles. The topological polar surface area (TPSA) is 105 Å². The summed E-state index contributed by atoms with van der Waals surface area (Å²) >= 11 is 0. The van der Waals surface area contributed by atoms with Gasteiger partial charge in [-0.15, -0.1) is 0 Å². The van der Waals surface area contributed by atoms with Crippen LogP contribution in [0.2, 0.25) is 0 Å². The highest BCUT2D eigenvalue weighted by Crippen LogP contribution is 2.44.